The molecule has 0 saturated carbocycles. The lowest BCUT2D eigenvalue weighted by Gasteiger charge is -2.31. The lowest BCUT2D eigenvalue weighted by Crippen LogP contribution is -2.35. The maximum Gasteiger partial charge on any atom is 0.228 e. The third kappa shape index (κ3) is 6.19. The zero-order chi connectivity index (χ0) is 23.2. The highest BCUT2D eigenvalue weighted by Gasteiger charge is 2.26. The van der Waals surface area contributed by atoms with E-state index < -0.39 is 0 Å². The van der Waals surface area contributed by atoms with Gasteiger partial charge in [-0.1, -0.05) is 30.3 Å². The number of nitrogens with zero attached hydrogens (tertiary/aromatic N) is 5. The average Bonchev–Trinajstić information content (AvgIpc) is 3.45. The number of aromatic nitrogens is 3. The summed E-state index contributed by atoms with van der Waals surface area (Å²) in [5.74, 6) is 2.13. The summed E-state index contributed by atoms with van der Waals surface area (Å²) < 4.78 is 8.05. The highest BCUT2D eigenvalue weighted by molar-refractivity contribution is 7.99. The van der Waals surface area contributed by atoms with Gasteiger partial charge >= 0.3 is 0 Å². The number of hydrogen-bond donors (Lipinski definition) is 1. The van der Waals surface area contributed by atoms with Crippen molar-refractivity contribution in [3.8, 4) is 6.07 Å². The van der Waals surface area contributed by atoms with Gasteiger partial charge in [-0.3, -0.25) is 9.36 Å². The number of nitriles is 1. The molecule has 176 valence electrons. The highest BCUT2D eigenvalue weighted by atomic mass is 35.5. The molecule has 4 rings (SSSR count). The van der Waals surface area contributed by atoms with Crippen LogP contribution in [0.2, 0.25) is 5.02 Å². The molecule has 3 heterocycles. The lowest BCUT2D eigenvalue weighted by atomic mass is 10.00. The molecule has 1 aromatic heterocycles. The van der Waals surface area contributed by atoms with E-state index in [2.05, 4.69) is 31.9 Å². The lowest BCUT2D eigenvalue weighted by molar-refractivity contribution is -0.115. The van der Waals surface area contributed by atoms with E-state index in [-0.39, 0.29) is 12.0 Å². The van der Waals surface area contributed by atoms with Gasteiger partial charge in [-0.25, -0.2) is 0 Å². The molecular formula is C23H29ClN6O2S. The van der Waals surface area contributed by atoms with Crippen molar-refractivity contribution >= 4 is 40.9 Å². The number of nitrogens with one attached hydrogen (secondary N) is 1. The summed E-state index contributed by atoms with van der Waals surface area (Å²) in [6.07, 6.45) is 4.97. The van der Waals surface area contributed by atoms with Crippen molar-refractivity contribution in [3.05, 3.63) is 28.8 Å². The van der Waals surface area contributed by atoms with Gasteiger partial charge in [-0.15, -0.1) is 10.2 Å². The van der Waals surface area contributed by atoms with E-state index in [0.29, 0.717) is 28.4 Å². The van der Waals surface area contributed by atoms with Crippen LogP contribution in [0.15, 0.2) is 23.4 Å². The van der Waals surface area contributed by atoms with Gasteiger partial charge in [0.2, 0.25) is 11.9 Å². The van der Waals surface area contributed by atoms with Crippen LogP contribution < -0.4 is 10.2 Å². The predicted octanol–water partition coefficient (Wildman–Crippen LogP) is 4.34. The molecule has 0 radical (unpaired) electrons. The van der Waals surface area contributed by atoms with E-state index in [0.717, 1.165) is 68.9 Å². The summed E-state index contributed by atoms with van der Waals surface area (Å²) in [5, 5.41) is 21.9. The topological polar surface area (TPSA) is 96.1 Å². The number of carbonyl (C=O) groups excluding carboxylic acids is 1. The first-order valence-corrected chi connectivity index (χ1v) is 12.8. The predicted molar refractivity (Wildman–Crippen MR) is 130 cm³/mol. The second kappa shape index (κ2) is 11.2. The minimum atomic E-state index is -0.112. The minimum absolute atomic E-state index is 0.112. The van der Waals surface area contributed by atoms with E-state index in [1.54, 1.807) is 30.0 Å². The van der Waals surface area contributed by atoms with Crippen molar-refractivity contribution in [1.29, 1.82) is 5.26 Å². The Morgan fingerprint density at radius 1 is 1.33 bits per heavy atom. The van der Waals surface area contributed by atoms with Crippen LogP contribution in [0.5, 0.6) is 0 Å². The number of thioether (sulfide) groups is 1. The van der Waals surface area contributed by atoms with Crippen LogP contribution >= 0.6 is 23.4 Å². The zero-order valence-electron chi connectivity index (χ0n) is 18.8. The van der Waals surface area contributed by atoms with E-state index in [4.69, 9.17) is 21.6 Å². The molecule has 0 aliphatic carbocycles. The minimum Gasteiger partial charge on any atom is -0.376 e. The van der Waals surface area contributed by atoms with Gasteiger partial charge in [0.15, 0.2) is 5.16 Å². The maximum atomic E-state index is 12.4. The smallest absolute Gasteiger partial charge is 0.228 e. The second-order valence-corrected chi connectivity index (χ2v) is 10.1. The summed E-state index contributed by atoms with van der Waals surface area (Å²) in [6, 6.07) is 6.88. The summed E-state index contributed by atoms with van der Waals surface area (Å²) in [6.45, 7) is 5.83. The molecular weight excluding hydrogens is 460 g/mol. The molecule has 1 unspecified atom stereocenters. The van der Waals surface area contributed by atoms with Gasteiger partial charge in [0.05, 0.1) is 23.2 Å². The molecule has 8 nitrogen and oxygen atoms in total. The number of piperidine rings is 1. The number of hydrogen-bond acceptors (Lipinski definition) is 7. The molecule has 1 amide bonds. The average molecular weight is 489 g/mol. The Balaban J connectivity index is 1.37. The Morgan fingerprint density at radius 3 is 2.85 bits per heavy atom. The van der Waals surface area contributed by atoms with Crippen molar-refractivity contribution < 1.29 is 9.53 Å². The first kappa shape index (κ1) is 23.9. The fourth-order valence-corrected chi connectivity index (χ4v) is 5.23. The van der Waals surface area contributed by atoms with Crippen molar-refractivity contribution in [2.75, 3.05) is 35.7 Å². The number of anilines is 2. The first-order chi connectivity index (χ1) is 16.0. The third-order valence-electron chi connectivity index (χ3n) is 6.11. The molecule has 33 heavy (non-hydrogen) atoms. The number of halogens is 1. The number of amides is 1. The highest BCUT2D eigenvalue weighted by Crippen LogP contribution is 2.28. The Morgan fingerprint density at radius 2 is 2.15 bits per heavy atom. The van der Waals surface area contributed by atoms with Crippen molar-refractivity contribution in [2.45, 2.75) is 56.8 Å². The van der Waals surface area contributed by atoms with Crippen LogP contribution in [-0.2, 0) is 16.1 Å². The summed E-state index contributed by atoms with van der Waals surface area (Å²) in [5.41, 5.74) is 0.965. The van der Waals surface area contributed by atoms with E-state index in [1.807, 2.05) is 6.07 Å². The van der Waals surface area contributed by atoms with Crippen molar-refractivity contribution in [1.82, 2.24) is 14.8 Å². The molecule has 0 spiro atoms. The standard InChI is InChI=1S/C23H29ClN6O2S/c1-16-6-9-29(10-7-16)22-27-28-23(30(22)15-19-3-2-11-32-19)33-12-8-21(31)26-18-5-4-17(14-25)20(24)13-18/h4-5,13,16,19H,2-3,6-12,15H2,1H3,(H,26,31). The van der Waals surface area contributed by atoms with Crippen LogP contribution in [0, 0.1) is 17.2 Å². The largest absolute Gasteiger partial charge is 0.376 e. The van der Waals surface area contributed by atoms with Crippen LogP contribution in [0.3, 0.4) is 0 Å². The normalized spacial score (nSPS) is 18.9. The molecule has 0 bridgehead atoms. The zero-order valence-corrected chi connectivity index (χ0v) is 20.4. The maximum absolute atomic E-state index is 12.4. The molecule has 2 aliphatic heterocycles. The quantitative estimate of drug-likeness (QED) is 0.552. The third-order valence-corrected chi connectivity index (χ3v) is 7.39. The van der Waals surface area contributed by atoms with Gasteiger partial charge in [0.25, 0.3) is 0 Å². The fourth-order valence-electron chi connectivity index (χ4n) is 4.12. The molecule has 2 aliphatic rings. The fraction of sp³-hybridized carbons (Fsp3) is 0.565. The molecule has 10 heteroatoms. The number of ether oxygens (including phenoxy) is 1. The first-order valence-electron chi connectivity index (χ1n) is 11.5. The van der Waals surface area contributed by atoms with Crippen LogP contribution in [-0.4, -0.2) is 52.2 Å². The van der Waals surface area contributed by atoms with E-state index >= 15 is 0 Å². The second-order valence-electron chi connectivity index (χ2n) is 8.65. The Hall–Kier alpha value is -2.28. The summed E-state index contributed by atoms with van der Waals surface area (Å²) in [4.78, 5) is 14.7. The van der Waals surface area contributed by atoms with Crippen molar-refractivity contribution in [3.63, 3.8) is 0 Å². The number of rotatable bonds is 8. The van der Waals surface area contributed by atoms with E-state index in [1.165, 1.54) is 0 Å². The van der Waals surface area contributed by atoms with Crippen molar-refractivity contribution in [2.24, 2.45) is 5.92 Å². The molecule has 2 aromatic rings. The van der Waals surface area contributed by atoms with Gasteiger partial charge in [0, 0.05) is 37.6 Å². The van der Waals surface area contributed by atoms with Gasteiger partial charge < -0.3 is 15.0 Å². The Labute approximate surface area is 203 Å². The van der Waals surface area contributed by atoms with Crippen LogP contribution in [0.4, 0.5) is 11.6 Å². The summed E-state index contributed by atoms with van der Waals surface area (Å²) >= 11 is 7.59. The molecule has 1 aromatic carbocycles. The number of benzene rings is 1. The van der Waals surface area contributed by atoms with Gasteiger partial charge in [0.1, 0.15) is 6.07 Å². The number of carbonyl (C=O) groups is 1. The van der Waals surface area contributed by atoms with Crippen LogP contribution in [0.1, 0.15) is 44.6 Å². The molecule has 2 saturated heterocycles. The molecule has 2 fully saturated rings. The SMILES string of the molecule is CC1CCN(c2nnc(SCCC(=O)Nc3ccc(C#N)c(Cl)c3)n2CC2CCCO2)CC1. The van der Waals surface area contributed by atoms with Gasteiger partial charge in [-0.2, -0.15) is 5.26 Å². The van der Waals surface area contributed by atoms with Gasteiger partial charge in [-0.05, 0) is 49.8 Å². The molecule has 1 N–H and O–H groups in total. The Bertz CT molecular complexity index is 1010. The summed E-state index contributed by atoms with van der Waals surface area (Å²) in [7, 11) is 0. The van der Waals surface area contributed by atoms with Crippen LogP contribution in [0.25, 0.3) is 0 Å². The molecule has 1 atom stereocenters. The van der Waals surface area contributed by atoms with E-state index in [9.17, 15) is 4.79 Å². The monoisotopic (exact) mass is 488 g/mol. The Kier molecular flexibility index (Phi) is 8.12.